The molecule has 176 valence electrons. The van der Waals surface area contributed by atoms with E-state index in [9.17, 15) is 13.2 Å². The Hall–Kier alpha value is -2.39. The number of sulfonamides is 1. The van der Waals surface area contributed by atoms with Crippen LogP contribution in [0.25, 0.3) is 0 Å². The average Bonchev–Trinajstić information content (AvgIpc) is 3.24. The van der Waals surface area contributed by atoms with E-state index in [1.54, 1.807) is 18.1 Å². The predicted molar refractivity (Wildman–Crippen MR) is 127 cm³/mol. The number of rotatable bonds is 8. The molecule has 0 unspecified atom stereocenters. The van der Waals surface area contributed by atoms with Crippen LogP contribution in [0.1, 0.15) is 48.2 Å². The second kappa shape index (κ2) is 10.0. The average molecular weight is 462 g/mol. The second-order valence-electron chi connectivity index (χ2n) is 8.39. The number of amides is 1. The van der Waals surface area contributed by atoms with Crippen LogP contribution in [0.2, 0.25) is 0 Å². The standard InChI is InChI=1S/C23H35N5O3S/c1-6-8-12-25(5)23(29)20-17-27(7-2)24-22(20)32(30,31)28-15-13-26(14-16-28)21-11-9-10-18(3)19(21)4/h9-11,17H,6-8,12-16H2,1-5H3. The maximum Gasteiger partial charge on any atom is 0.263 e. The van der Waals surface area contributed by atoms with Gasteiger partial charge in [-0.3, -0.25) is 9.48 Å². The Labute approximate surface area is 191 Å². The number of benzene rings is 1. The summed E-state index contributed by atoms with van der Waals surface area (Å²) >= 11 is 0. The van der Waals surface area contributed by atoms with E-state index in [2.05, 4.69) is 42.9 Å². The molecule has 0 aliphatic carbocycles. The number of unbranched alkanes of at least 4 members (excludes halogenated alkanes) is 1. The third kappa shape index (κ3) is 4.83. The summed E-state index contributed by atoms with van der Waals surface area (Å²) in [6.07, 6.45) is 3.39. The number of aryl methyl sites for hydroxylation is 2. The Bertz CT molecular complexity index is 1060. The first-order chi connectivity index (χ1) is 15.2. The summed E-state index contributed by atoms with van der Waals surface area (Å²) in [4.78, 5) is 16.8. The molecule has 0 spiro atoms. The number of carbonyl (C=O) groups excluding carboxylic acids is 1. The molecular formula is C23H35N5O3S. The van der Waals surface area contributed by atoms with E-state index < -0.39 is 10.0 Å². The number of piperazine rings is 1. The quantitative estimate of drug-likeness (QED) is 0.604. The normalized spacial score (nSPS) is 15.2. The first-order valence-electron chi connectivity index (χ1n) is 11.3. The van der Waals surface area contributed by atoms with Crippen LogP contribution in [-0.2, 0) is 16.6 Å². The van der Waals surface area contributed by atoms with Crippen LogP contribution in [0.3, 0.4) is 0 Å². The number of nitrogens with zero attached hydrogens (tertiary/aromatic N) is 5. The van der Waals surface area contributed by atoms with Crippen molar-refractivity contribution in [2.45, 2.75) is 52.1 Å². The molecule has 1 saturated heterocycles. The highest BCUT2D eigenvalue weighted by Gasteiger charge is 2.35. The third-order valence-corrected chi connectivity index (χ3v) is 8.05. The molecule has 32 heavy (non-hydrogen) atoms. The van der Waals surface area contributed by atoms with Crippen molar-refractivity contribution in [3.63, 3.8) is 0 Å². The van der Waals surface area contributed by atoms with Gasteiger partial charge in [-0.1, -0.05) is 25.5 Å². The van der Waals surface area contributed by atoms with Crippen LogP contribution in [0.15, 0.2) is 29.4 Å². The van der Waals surface area contributed by atoms with Crippen molar-refractivity contribution < 1.29 is 13.2 Å². The van der Waals surface area contributed by atoms with Gasteiger partial charge in [-0.25, -0.2) is 8.42 Å². The molecular weight excluding hydrogens is 426 g/mol. The minimum absolute atomic E-state index is 0.132. The van der Waals surface area contributed by atoms with E-state index in [4.69, 9.17) is 0 Å². The Kier molecular flexibility index (Phi) is 7.61. The van der Waals surface area contributed by atoms with Crippen LogP contribution in [0, 0.1) is 13.8 Å². The molecule has 1 aliphatic heterocycles. The number of aromatic nitrogens is 2. The highest BCUT2D eigenvalue weighted by Crippen LogP contribution is 2.26. The molecule has 3 rings (SSSR count). The largest absolute Gasteiger partial charge is 0.369 e. The molecule has 2 heterocycles. The zero-order valence-electron chi connectivity index (χ0n) is 19.8. The molecule has 1 fully saturated rings. The monoisotopic (exact) mass is 461 g/mol. The minimum Gasteiger partial charge on any atom is -0.369 e. The predicted octanol–water partition coefficient (Wildman–Crippen LogP) is 2.90. The molecule has 9 heteroatoms. The molecule has 1 aromatic carbocycles. The Morgan fingerprint density at radius 2 is 1.81 bits per heavy atom. The van der Waals surface area contributed by atoms with Crippen molar-refractivity contribution in [3.05, 3.63) is 41.1 Å². The molecule has 2 aromatic rings. The van der Waals surface area contributed by atoms with Gasteiger partial charge < -0.3 is 9.80 Å². The maximum atomic E-state index is 13.5. The van der Waals surface area contributed by atoms with Crippen molar-refractivity contribution >= 4 is 21.6 Å². The van der Waals surface area contributed by atoms with Gasteiger partial charge >= 0.3 is 0 Å². The Morgan fingerprint density at radius 1 is 1.12 bits per heavy atom. The third-order valence-electron chi connectivity index (χ3n) is 6.22. The summed E-state index contributed by atoms with van der Waals surface area (Å²) in [7, 11) is -2.17. The fourth-order valence-electron chi connectivity index (χ4n) is 3.98. The van der Waals surface area contributed by atoms with Crippen LogP contribution in [-0.4, -0.2) is 73.1 Å². The van der Waals surface area contributed by atoms with Crippen molar-refractivity contribution in [3.8, 4) is 0 Å². The summed E-state index contributed by atoms with van der Waals surface area (Å²) in [6.45, 7) is 11.1. The first-order valence-corrected chi connectivity index (χ1v) is 12.8. The van der Waals surface area contributed by atoms with Gasteiger partial charge in [-0.2, -0.15) is 9.40 Å². The molecule has 0 N–H and O–H groups in total. The van der Waals surface area contributed by atoms with Crippen molar-refractivity contribution in [2.24, 2.45) is 0 Å². The van der Waals surface area contributed by atoms with E-state index in [0.29, 0.717) is 39.3 Å². The number of anilines is 1. The van der Waals surface area contributed by atoms with Gasteiger partial charge in [-0.15, -0.1) is 0 Å². The first kappa shape index (κ1) is 24.3. The van der Waals surface area contributed by atoms with Gasteiger partial charge in [-0.05, 0) is 44.4 Å². The lowest BCUT2D eigenvalue weighted by atomic mass is 10.1. The van der Waals surface area contributed by atoms with Gasteiger partial charge in [0.1, 0.15) is 0 Å². The van der Waals surface area contributed by atoms with Crippen LogP contribution in [0.5, 0.6) is 0 Å². The molecule has 1 aromatic heterocycles. The van der Waals surface area contributed by atoms with E-state index >= 15 is 0 Å². The van der Waals surface area contributed by atoms with E-state index in [1.165, 1.54) is 20.1 Å². The van der Waals surface area contributed by atoms with Crippen molar-refractivity contribution in [1.29, 1.82) is 0 Å². The second-order valence-corrected chi connectivity index (χ2v) is 10.2. The van der Waals surface area contributed by atoms with Crippen LogP contribution in [0.4, 0.5) is 5.69 Å². The lowest BCUT2D eigenvalue weighted by Crippen LogP contribution is -2.49. The summed E-state index contributed by atoms with van der Waals surface area (Å²) in [5, 5.41) is 4.16. The van der Waals surface area contributed by atoms with Gasteiger partial charge in [0, 0.05) is 58.2 Å². The van der Waals surface area contributed by atoms with E-state index in [0.717, 1.165) is 18.5 Å². The maximum absolute atomic E-state index is 13.5. The number of hydrogen-bond acceptors (Lipinski definition) is 5. The van der Waals surface area contributed by atoms with Gasteiger partial charge in [0.25, 0.3) is 15.9 Å². The highest BCUT2D eigenvalue weighted by atomic mass is 32.2. The van der Waals surface area contributed by atoms with Gasteiger partial charge in [0.05, 0.1) is 5.56 Å². The minimum atomic E-state index is -3.88. The molecule has 0 radical (unpaired) electrons. The Balaban J connectivity index is 1.82. The van der Waals surface area contributed by atoms with E-state index in [-0.39, 0.29) is 16.5 Å². The lowest BCUT2D eigenvalue weighted by Gasteiger charge is -2.36. The van der Waals surface area contributed by atoms with Crippen LogP contribution >= 0.6 is 0 Å². The summed E-state index contributed by atoms with van der Waals surface area (Å²) < 4.78 is 30.0. The van der Waals surface area contributed by atoms with Gasteiger partial charge in [0.2, 0.25) is 5.03 Å². The van der Waals surface area contributed by atoms with Crippen LogP contribution < -0.4 is 4.90 Å². The summed E-state index contributed by atoms with van der Waals surface area (Å²) in [5.74, 6) is -0.300. The summed E-state index contributed by atoms with van der Waals surface area (Å²) in [6, 6.07) is 6.20. The van der Waals surface area contributed by atoms with E-state index in [1.807, 2.05) is 13.0 Å². The summed E-state index contributed by atoms with van der Waals surface area (Å²) in [5.41, 5.74) is 3.74. The zero-order valence-corrected chi connectivity index (χ0v) is 20.7. The number of hydrogen-bond donors (Lipinski definition) is 0. The number of carbonyl (C=O) groups is 1. The van der Waals surface area contributed by atoms with Crippen molar-refractivity contribution in [1.82, 2.24) is 19.0 Å². The SMILES string of the molecule is CCCCN(C)C(=O)c1cn(CC)nc1S(=O)(=O)N1CCN(c2cccc(C)c2C)CC1. The highest BCUT2D eigenvalue weighted by molar-refractivity contribution is 7.89. The molecule has 1 amide bonds. The Morgan fingerprint density at radius 3 is 2.44 bits per heavy atom. The van der Waals surface area contributed by atoms with Crippen molar-refractivity contribution in [2.75, 3.05) is 44.7 Å². The van der Waals surface area contributed by atoms with Gasteiger partial charge in [0.15, 0.2) is 0 Å². The fraction of sp³-hybridized carbons (Fsp3) is 0.565. The molecule has 0 saturated carbocycles. The smallest absolute Gasteiger partial charge is 0.263 e. The molecule has 8 nitrogen and oxygen atoms in total. The molecule has 1 aliphatic rings. The lowest BCUT2D eigenvalue weighted by molar-refractivity contribution is 0.0789. The fourth-order valence-corrected chi connectivity index (χ4v) is 5.49. The topological polar surface area (TPSA) is 78.8 Å². The zero-order chi connectivity index (χ0) is 23.5. The molecule has 0 atom stereocenters. The molecule has 0 bridgehead atoms.